The van der Waals surface area contributed by atoms with Crippen molar-refractivity contribution in [1.29, 1.82) is 0 Å². The van der Waals surface area contributed by atoms with Gasteiger partial charge in [-0.25, -0.2) is 4.39 Å². The highest BCUT2D eigenvalue weighted by Gasteiger charge is 2.09. The number of thiocarbonyl (C=S) groups is 1. The fourth-order valence-corrected chi connectivity index (χ4v) is 1.79. The molecule has 0 fully saturated rings. The number of hydrogen-bond acceptors (Lipinski definition) is 4. The molecule has 0 aliphatic heterocycles. The van der Waals surface area contributed by atoms with Crippen LogP contribution in [0.5, 0.6) is 0 Å². The largest absolute Gasteiger partial charge is 0.331 e. The molecule has 0 aliphatic rings. The summed E-state index contributed by atoms with van der Waals surface area (Å²) in [6, 6.07) is 11.8. The second-order valence-electron chi connectivity index (χ2n) is 4.15. The maximum atomic E-state index is 12.8. The Balaban J connectivity index is 1.96. The Labute approximate surface area is 130 Å². The molecule has 2 aromatic carbocycles. The third kappa shape index (κ3) is 4.32. The fourth-order valence-electron chi connectivity index (χ4n) is 1.62. The lowest BCUT2D eigenvalue weighted by atomic mass is 10.2. The summed E-state index contributed by atoms with van der Waals surface area (Å²) in [5, 5.41) is 17.7. The second-order valence-corrected chi connectivity index (χ2v) is 4.56. The molecule has 0 aromatic heterocycles. The minimum atomic E-state index is -0.490. The van der Waals surface area contributed by atoms with E-state index >= 15 is 0 Å². The number of anilines is 1. The Hall–Kier alpha value is -2.87. The van der Waals surface area contributed by atoms with Crippen LogP contribution in [0.4, 0.5) is 15.8 Å². The number of hydrogen-bond donors (Lipinski definition) is 2. The van der Waals surface area contributed by atoms with Gasteiger partial charge < -0.3 is 5.32 Å². The van der Waals surface area contributed by atoms with E-state index in [0.29, 0.717) is 11.3 Å². The normalized spacial score (nSPS) is 10.4. The average Bonchev–Trinajstić information content (AvgIpc) is 2.50. The topological polar surface area (TPSA) is 79.6 Å². The standard InChI is InChI=1S/C14H11FN4O2S/c15-11-5-7-12(8-6-11)17-14(22)18-16-9-10-3-1-2-4-13(10)19(20)21/h1-9H,(H2,17,18,22)/b16-9-. The van der Waals surface area contributed by atoms with Gasteiger partial charge in [-0.1, -0.05) is 12.1 Å². The Morgan fingerprint density at radius 1 is 1.23 bits per heavy atom. The lowest BCUT2D eigenvalue weighted by Crippen LogP contribution is -2.23. The van der Waals surface area contributed by atoms with Crippen molar-refractivity contribution >= 4 is 34.9 Å². The van der Waals surface area contributed by atoms with E-state index in [0.717, 1.165) is 0 Å². The average molecular weight is 318 g/mol. The van der Waals surface area contributed by atoms with E-state index in [9.17, 15) is 14.5 Å². The molecule has 0 spiro atoms. The molecule has 112 valence electrons. The van der Waals surface area contributed by atoms with E-state index in [1.165, 1.54) is 36.5 Å². The first kappa shape index (κ1) is 15.5. The predicted molar refractivity (Wildman–Crippen MR) is 86.4 cm³/mol. The summed E-state index contributed by atoms with van der Waals surface area (Å²) in [4.78, 5) is 10.4. The number of halogens is 1. The molecule has 2 rings (SSSR count). The number of nitro groups is 1. The van der Waals surface area contributed by atoms with Crippen molar-refractivity contribution in [1.82, 2.24) is 5.43 Å². The maximum absolute atomic E-state index is 12.8. The molecule has 2 aromatic rings. The number of nitrogens with one attached hydrogen (secondary N) is 2. The zero-order chi connectivity index (χ0) is 15.9. The lowest BCUT2D eigenvalue weighted by molar-refractivity contribution is -0.385. The smallest absolute Gasteiger partial charge is 0.278 e. The van der Waals surface area contributed by atoms with Crippen LogP contribution in [-0.4, -0.2) is 16.3 Å². The van der Waals surface area contributed by atoms with Crippen molar-refractivity contribution in [2.75, 3.05) is 5.32 Å². The fraction of sp³-hybridized carbons (Fsp3) is 0. The van der Waals surface area contributed by atoms with E-state index in [4.69, 9.17) is 12.2 Å². The minimum absolute atomic E-state index is 0.0505. The van der Waals surface area contributed by atoms with Crippen LogP contribution in [-0.2, 0) is 0 Å². The van der Waals surface area contributed by atoms with Gasteiger partial charge in [0.1, 0.15) is 5.82 Å². The van der Waals surface area contributed by atoms with Crippen molar-refractivity contribution in [3.63, 3.8) is 0 Å². The van der Waals surface area contributed by atoms with Gasteiger partial charge >= 0.3 is 0 Å². The quantitative estimate of drug-likeness (QED) is 0.392. The zero-order valence-corrected chi connectivity index (χ0v) is 12.0. The first-order chi connectivity index (χ1) is 10.6. The third-order valence-electron chi connectivity index (χ3n) is 2.61. The van der Waals surface area contributed by atoms with Crippen LogP contribution in [0.2, 0.25) is 0 Å². The first-order valence-electron chi connectivity index (χ1n) is 6.15. The SMILES string of the molecule is O=[N+]([O-])c1ccccc1/C=N\NC(=S)Nc1ccc(F)cc1. The Kier molecular flexibility index (Phi) is 5.10. The molecular formula is C14H11FN4O2S. The molecule has 22 heavy (non-hydrogen) atoms. The molecule has 6 nitrogen and oxygen atoms in total. The number of para-hydroxylation sites is 1. The van der Waals surface area contributed by atoms with Crippen LogP contribution in [0.25, 0.3) is 0 Å². The molecule has 0 saturated carbocycles. The summed E-state index contributed by atoms with van der Waals surface area (Å²) in [5.74, 6) is -0.348. The molecule has 0 radical (unpaired) electrons. The Morgan fingerprint density at radius 3 is 2.59 bits per heavy atom. The first-order valence-corrected chi connectivity index (χ1v) is 6.56. The molecule has 8 heteroatoms. The highest BCUT2D eigenvalue weighted by molar-refractivity contribution is 7.80. The van der Waals surface area contributed by atoms with Crippen molar-refractivity contribution in [3.05, 3.63) is 70.0 Å². The molecular weight excluding hydrogens is 307 g/mol. The van der Waals surface area contributed by atoms with E-state index in [2.05, 4.69) is 15.8 Å². The van der Waals surface area contributed by atoms with Gasteiger partial charge in [-0.2, -0.15) is 5.10 Å². The summed E-state index contributed by atoms with van der Waals surface area (Å²) in [5.41, 5.74) is 3.43. The third-order valence-corrected chi connectivity index (χ3v) is 2.80. The summed E-state index contributed by atoms with van der Waals surface area (Å²) < 4.78 is 12.8. The molecule has 0 aliphatic carbocycles. The van der Waals surface area contributed by atoms with Crippen molar-refractivity contribution in [2.45, 2.75) is 0 Å². The van der Waals surface area contributed by atoms with E-state index in [1.54, 1.807) is 18.2 Å². The summed E-state index contributed by atoms with van der Waals surface area (Å²) in [7, 11) is 0. The number of rotatable bonds is 4. The number of nitro benzene ring substituents is 1. The Bertz CT molecular complexity index is 719. The molecule has 2 N–H and O–H groups in total. The van der Waals surface area contributed by atoms with Crippen LogP contribution in [0.15, 0.2) is 53.6 Å². The van der Waals surface area contributed by atoms with Crippen LogP contribution >= 0.6 is 12.2 Å². The molecule has 0 heterocycles. The van der Waals surface area contributed by atoms with Gasteiger partial charge in [-0.05, 0) is 42.5 Å². The van der Waals surface area contributed by atoms with Gasteiger partial charge in [-0.3, -0.25) is 15.5 Å². The van der Waals surface area contributed by atoms with E-state index < -0.39 is 4.92 Å². The number of benzene rings is 2. The summed E-state index contributed by atoms with van der Waals surface area (Å²) >= 11 is 5.01. The summed E-state index contributed by atoms with van der Waals surface area (Å²) in [6.45, 7) is 0. The summed E-state index contributed by atoms with van der Waals surface area (Å²) in [6.07, 6.45) is 1.30. The van der Waals surface area contributed by atoms with Crippen LogP contribution in [0, 0.1) is 15.9 Å². The van der Waals surface area contributed by atoms with E-state index in [1.807, 2.05) is 0 Å². The molecule has 0 unspecified atom stereocenters. The minimum Gasteiger partial charge on any atom is -0.331 e. The van der Waals surface area contributed by atoms with Gasteiger partial charge in [0.15, 0.2) is 5.11 Å². The molecule has 0 atom stereocenters. The number of hydrazone groups is 1. The van der Waals surface area contributed by atoms with Crippen LogP contribution in [0.1, 0.15) is 5.56 Å². The van der Waals surface area contributed by atoms with Crippen molar-refractivity contribution in [3.8, 4) is 0 Å². The van der Waals surface area contributed by atoms with Gasteiger partial charge in [0.2, 0.25) is 0 Å². The van der Waals surface area contributed by atoms with Crippen molar-refractivity contribution in [2.24, 2.45) is 5.10 Å². The predicted octanol–water partition coefficient (Wildman–Crippen LogP) is 3.05. The number of nitrogens with zero attached hydrogens (tertiary/aromatic N) is 2. The van der Waals surface area contributed by atoms with E-state index in [-0.39, 0.29) is 16.6 Å². The molecule has 0 amide bonds. The van der Waals surface area contributed by atoms with Gasteiger partial charge in [-0.15, -0.1) is 0 Å². The lowest BCUT2D eigenvalue weighted by Gasteiger charge is -2.06. The Morgan fingerprint density at radius 2 is 1.91 bits per heavy atom. The molecule has 0 saturated heterocycles. The van der Waals surface area contributed by atoms with Gasteiger partial charge in [0.25, 0.3) is 5.69 Å². The highest BCUT2D eigenvalue weighted by Crippen LogP contribution is 2.15. The monoisotopic (exact) mass is 318 g/mol. The maximum Gasteiger partial charge on any atom is 0.278 e. The molecule has 0 bridgehead atoms. The second kappa shape index (κ2) is 7.23. The van der Waals surface area contributed by atoms with Crippen LogP contribution in [0.3, 0.4) is 0 Å². The van der Waals surface area contributed by atoms with Gasteiger partial charge in [0, 0.05) is 11.8 Å². The highest BCUT2D eigenvalue weighted by atomic mass is 32.1. The van der Waals surface area contributed by atoms with Crippen molar-refractivity contribution < 1.29 is 9.31 Å². The zero-order valence-electron chi connectivity index (χ0n) is 11.2. The van der Waals surface area contributed by atoms with Gasteiger partial charge in [0.05, 0.1) is 16.7 Å². The van der Waals surface area contributed by atoms with Crippen LogP contribution < -0.4 is 10.7 Å².